The highest BCUT2D eigenvalue weighted by Crippen LogP contribution is 2.17. The van der Waals surface area contributed by atoms with Crippen molar-refractivity contribution in [3.8, 4) is 5.75 Å². The Labute approximate surface area is 162 Å². The first-order valence-corrected chi connectivity index (χ1v) is 9.19. The van der Waals surface area contributed by atoms with Gasteiger partial charge in [0, 0.05) is 24.3 Å². The number of hydrogen-bond acceptors (Lipinski definition) is 4. The number of nitrogens with zero attached hydrogens (tertiary/aromatic N) is 1. The summed E-state index contributed by atoms with van der Waals surface area (Å²) >= 11 is 0. The maximum absolute atomic E-state index is 12.3. The summed E-state index contributed by atoms with van der Waals surface area (Å²) in [6.07, 6.45) is 3.94. The van der Waals surface area contributed by atoms with Gasteiger partial charge in [0.05, 0.1) is 18.9 Å². The molecule has 0 aliphatic carbocycles. The summed E-state index contributed by atoms with van der Waals surface area (Å²) in [5.74, 6) is -1.11. The summed E-state index contributed by atoms with van der Waals surface area (Å²) in [6.45, 7) is 2.56. The third kappa shape index (κ3) is 4.88. The molecule has 0 bridgehead atoms. The zero-order chi connectivity index (χ0) is 19.9. The molecule has 1 unspecified atom stereocenters. The van der Waals surface area contributed by atoms with Crippen molar-refractivity contribution in [2.24, 2.45) is 5.92 Å². The van der Waals surface area contributed by atoms with Crippen LogP contribution in [-0.4, -0.2) is 40.1 Å². The van der Waals surface area contributed by atoms with E-state index < -0.39 is 11.9 Å². The summed E-state index contributed by atoms with van der Waals surface area (Å²) in [7, 11) is 0. The van der Waals surface area contributed by atoms with Gasteiger partial charge in [0.15, 0.2) is 0 Å². The predicted molar refractivity (Wildman–Crippen MR) is 105 cm³/mol. The normalized spacial score (nSPS) is 11.9. The molecule has 0 radical (unpaired) electrons. The number of aromatic nitrogens is 2. The Kier molecular flexibility index (Phi) is 6.26. The minimum atomic E-state index is -0.939. The van der Waals surface area contributed by atoms with Crippen molar-refractivity contribution in [3.63, 3.8) is 0 Å². The van der Waals surface area contributed by atoms with Crippen LogP contribution in [0.25, 0.3) is 11.0 Å². The Balaban J connectivity index is 1.56. The molecule has 1 aromatic carbocycles. The molecule has 0 aliphatic heterocycles. The maximum atomic E-state index is 12.3. The second-order valence-corrected chi connectivity index (χ2v) is 6.51. The van der Waals surface area contributed by atoms with Gasteiger partial charge in [-0.05, 0) is 48.7 Å². The number of ether oxygens (including phenoxy) is 1. The molecule has 146 valence electrons. The van der Waals surface area contributed by atoms with Crippen LogP contribution in [0.1, 0.15) is 18.1 Å². The quantitative estimate of drug-likeness (QED) is 0.528. The van der Waals surface area contributed by atoms with Crippen molar-refractivity contribution in [1.82, 2.24) is 15.3 Å². The van der Waals surface area contributed by atoms with Crippen LogP contribution < -0.4 is 10.1 Å². The first kappa shape index (κ1) is 19.4. The fourth-order valence-corrected chi connectivity index (χ4v) is 3.05. The van der Waals surface area contributed by atoms with Gasteiger partial charge in [-0.1, -0.05) is 12.1 Å². The number of nitrogens with one attached hydrogen (secondary N) is 2. The zero-order valence-corrected chi connectivity index (χ0v) is 15.6. The van der Waals surface area contributed by atoms with Crippen LogP contribution >= 0.6 is 0 Å². The number of carboxylic acids is 1. The number of H-pyrrole nitrogens is 1. The van der Waals surface area contributed by atoms with Crippen molar-refractivity contribution in [1.29, 1.82) is 0 Å². The Morgan fingerprint density at radius 2 is 2.04 bits per heavy atom. The van der Waals surface area contributed by atoms with Crippen LogP contribution in [0.3, 0.4) is 0 Å². The lowest BCUT2D eigenvalue weighted by Gasteiger charge is -2.14. The van der Waals surface area contributed by atoms with E-state index in [4.69, 9.17) is 4.74 Å². The summed E-state index contributed by atoms with van der Waals surface area (Å²) in [5, 5.41) is 13.1. The van der Waals surface area contributed by atoms with Crippen LogP contribution in [0.15, 0.2) is 48.8 Å². The van der Waals surface area contributed by atoms with Gasteiger partial charge in [-0.3, -0.25) is 9.59 Å². The van der Waals surface area contributed by atoms with Crippen LogP contribution in [-0.2, 0) is 22.4 Å². The number of carbonyl (C=O) groups excluding carboxylic acids is 1. The van der Waals surface area contributed by atoms with E-state index in [0.29, 0.717) is 13.0 Å². The minimum absolute atomic E-state index is 0.0714. The number of aliphatic carboxylic acids is 1. The molecular weight excluding hydrogens is 358 g/mol. The summed E-state index contributed by atoms with van der Waals surface area (Å²) in [6, 6.07) is 11.1. The molecular formula is C21H23N3O4. The number of aromatic amines is 1. The topological polar surface area (TPSA) is 104 Å². The standard InChI is InChI=1S/C21H23N3O4/c1-2-28-17-7-5-14(6-8-17)10-16(21(26)27)13-23-19(25)11-15-12-24-20-18(15)4-3-9-22-20/h3-9,12,16H,2,10-11,13H2,1H3,(H,22,24)(H,23,25)(H,26,27). The van der Waals surface area contributed by atoms with Gasteiger partial charge < -0.3 is 20.1 Å². The molecule has 7 nitrogen and oxygen atoms in total. The van der Waals surface area contributed by atoms with Crippen LogP contribution in [0.4, 0.5) is 0 Å². The highest BCUT2D eigenvalue weighted by Gasteiger charge is 2.19. The van der Waals surface area contributed by atoms with Crippen molar-refractivity contribution in [2.75, 3.05) is 13.2 Å². The van der Waals surface area contributed by atoms with E-state index >= 15 is 0 Å². The Bertz CT molecular complexity index is 950. The molecule has 2 aromatic heterocycles. The summed E-state index contributed by atoms with van der Waals surface area (Å²) < 4.78 is 5.39. The van der Waals surface area contributed by atoms with Crippen LogP contribution in [0.2, 0.25) is 0 Å². The minimum Gasteiger partial charge on any atom is -0.494 e. The average molecular weight is 381 g/mol. The number of hydrogen-bond donors (Lipinski definition) is 3. The molecule has 0 saturated carbocycles. The monoisotopic (exact) mass is 381 g/mol. The number of rotatable bonds is 9. The molecule has 3 aromatic rings. The fourth-order valence-electron chi connectivity index (χ4n) is 3.05. The van der Waals surface area contributed by atoms with Crippen molar-refractivity contribution < 1.29 is 19.4 Å². The largest absolute Gasteiger partial charge is 0.494 e. The highest BCUT2D eigenvalue weighted by atomic mass is 16.5. The van der Waals surface area contributed by atoms with Crippen molar-refractivity contribution in [2.45, 2.75) is 19.8 Å². The highest BCUT2D eigenvalue weighted by molar-refractivity contribution is 5.87. The maximum Gasteiger partial charge on any atom is 0.308 e. The first-order valence-electron chi connectivity index (χ1n) is 9.19. The van der Waals surface area contributed by atoms with Crippen LogP contribution in [0.5, 0.6) is 5.75 Å². The third-order valence-corrected chi connectivity index (χ3v) is 4.50. The number of carboxylic acid groups (broad SMARTS) is 1. The van der Waals surface area contributed by atoms with E-state index in [1.165, 1.54) is 0 Å². The van der Waals surface area contributed by atoms with E-state index in [1.54, 1.807) is 12.4 Å². The van der Waals surface area contributed by atoms with Gasteiger partial charge in [-0.2, -0.15) is 0 Å². The van der Waals surface area contributed by atoms with E-state index in [9.17, 15) is 14.7 Å². The van der Waals surface area contributed by atoms with Gasteiger partial charge >= 0.3 is 5.97 Å². The number of pyridine rings is 1. The van der Waals surface area contributed by atoms with E-state index in [2.05, 4.69) is 15.3 Å². The molecule has 28 heavy (non-hydrogen) atoms. The number of amides is 1. The smallest absolute Gasteiger partial charge is 0.308 e. The van der Waals surface area contributed by atoms with Gasteiger partial charge in [-0.15, -0.1) is 0 Å². The Hall–Kier alpha value is -3.35. The third-order valence-electron chi connectivity index (χ3n) is 4.50. The second-order valence-electron chi connectivity index (χ2n) is 6.51. The number of fused-ring (bicyclic) bond motifs is 1. The number of carbonyl (C=O) groups is 2. The molecule has 0 fully saturated rings. The predicted octanol–water partition coefficient (Wildman–Crippen LogP) is 2.56. The van der Waals surface area contributed by atoms with Gasteiger partial charge in [0.1, 0.15) is 11.4 Å². The van der Waals surface area contributed by atoms with Gasteiger partial charge in [0.25, 0.3) is 0 Å². The molecule has 1 atom stereocenters. The molecule has 1 amide bonds. The van der Waals surface area contributed by atoms with E-state index in [1.807, 2.05) is 43.3 Å². The van der Waals surface area contributed by atoms with Crippen molar-refractivity contribution >= 4 is 22.9 Å². The molecule has 0 aliphatic rings. The zero-order valence-electron chi connectivity index (χ0n) is 15.6. The second kappa shape index (κ2) is 9.03. The molecule has 0 saturated heterocycles. The molecule has 3 N–H and O–H groups in total. The Morgan fingerprint density at radius 1 is 1.25 bits per heavy atom. The van der Waals surface area contributed by atoms with Gasteiger partial charge in [0.2, 0.25) is 5.91 Å². The molecule has 7 heteroatoms. The lowest BCUT2D eigenvalue weighted by molar-refractivity contribution is -0.141. The fraction of sp³-hybridized carbons (Fsp3) is 0.286. The molecule has 0 spiro atoms. The molecule has 2 heterocycles. The van der Waals surface area contributed by atoms with Gasteiger partial charge in [-0.25, -0.2) is 4.98 Å². The average Bonchev–Trinajstić information content (AvgIpc) is 3.09. The van der Waals surface area contributed by atoms with E-state index in [-0.39, 0.29) is 18.9 Å². The Morgan fingerprint density at radius 3 is 2.75 bits per heavy atom. The lowest BCUT2D eigenvalue weighted by Crippen LogP contribution is -2.34. The first-order chi connectivity index (χ1) is 13.6. The summed E-state index contributed by atoms with van der Waals surface area (Å²) in [4.78, 5) is 31.1. The molecule has 3 rings (SSSR count). The number of benzene rings is 1. The van der Waals surface area contributed by atoms with Crippen LogP contribution in [0, 0.1) is 5.92 Å². The summed E-state index contributed by atoms with van der Waals surface area (Å²) in [5.41, 5.74) is 2.44. The van der Waals surface area contributed by atoms with E-state index in [0.717, 1.165) is 27.9 Å². The lowest BCUT2D eigenvalue weighted by atomic mass is 9.99. The SMILES string of the molecule is CCOc1ccc(CC(CNC(=O)Cc2c[nH]c3ncccc23)C(=O)O)cc1. The van der Waals surface area contributed by atoms with Crippen molar-refractivity contribution in [3.05, 3.63) is 59.9 Å².